The molecule has 1 heterocycles. The molecule has 4 nitrogen and oxygen atoms in total. The molecule has 3 N–H and O–H groups in total. The highest BCUT2D eigenvalue weighted by molar-refractivity contribution is 6.30. The summed E-state index contributed by atoms with van der Waals surface area (Å²) in [5.74, 6) is 0.112. The van der Waals surface area contributed by atoms with Gasteiger partial charge >= 0.3 is 0 Å². The molecule has 4 rings (SSSR count). The first kappa shape index (κ1) is 19.5. The first-order chi connectivity index (χ1) is 14.1. The SMILES string of the molecule is N=C(N)c1ccc(N2CCN(Cc3ccccc3-c3ccc(Cl)cc3)CC2)cc1. The first-order valence-corrected chi connectivity index (χ1v) is 10.2. The van der Waals surface area contributed by atoms with Crippen molar-refractivity contribution in [1.29, 1.82) is 5.41 Å². The Morgan fingerprint density at radius 1 is 0.862 bits per heavy atom. The molecule has 5 heteroatoms. The number of hydrogen-bond donors (Lipinski definition) is 2. The molecule has 0 aliphatic carbocycles. The van der Waals surface area contributed by atoms with Crippen molar-refractivity contribution < 1.29 is 0 Å². The van der Waals surface area contributed by atoms with Crippen molar-refractivity contribution in [3.05, 3.63) is 88.9 Å². The summed E-state index contributed by atoms with van der Waals surface area (Å²) in [6.07, 6.45) is 0. The molecule has 0 atom stereocenters. The van der Waals surface area contributed by atoms with Crippen molar-refractivity contribution in [2.45, 2.75) is 6.54 Å². The zero-order valence-corrected chi connectivity index (χ0v) is 17.1. The largest absolute Gasteiger partial charge is 0.384 e. The van der Waals surface area contributed by atoms with Crippen molar-refractivity contribution in [2.24, 2.45) is 5.73 Å². The molecule has 1 aliphatic rings. The van der Waals surface area contributed by atoms with Gasteiger partial charge in [0, 0.05) is 49.0 Å². The molecule has 148 valence electrons. The highest BCUT2D eigenvalue weighted by Gasteiger charge is 2.18. The molecule has 0 spiro atoms. The maximum atomic E-state index is 7.52. The molecule has 0 saturated carbocycles. The number of hydrogen-bond acceptors (Lipinski definition) is 3. The number of amidine groups is 1. The number of nitrogens with two attached hydrogens (primary N) is 1. The zero-order valence-electron chi connectivity index (χ0n) is 16.3. The lowest BCUT2D eigenvalue weighted by Gasteiger charge is -2.36. The van der Waals surface area contributed by atoms with Gasteiger partial charge in [-0.25, -0.2) is 0 Å². The lowest BCUT2D eigenvalue weighted by atomic mass is 9.99. The summed E-state index contributed by atoms with van der Waals surface area (Å²) in [5.41, 5.74) is 11.3. The number of nitrogen functional groups attached to an aromatic ring is 1. The Balaban J connectivity index is 1.41. The van der Waals surface area contributed by atoms with Crippen LogP contribution in [0.15, 0.2) is 72.8 Å². The van der Waals surface area contributed by atoms with Gasteiger partial charge in [-0.05, 0) is 53.1 Å². The Morgan fingerprint density at radius 2 is 1.52 bits per heavy atom. The van der Waals surface area contributed by atoms with E-state index in [-0.39, 0.29) is 5.84 Å². The predicted molar refractivity (Wildman–Crippen MR) is 122 cm³/mol. The van der Waals surface area contributed by atoms with E-state index in [1.807, 2.05) is 24.3 Å². The zero-order chi connectivity index (χ0) is 20.2. The van der Waals surface area contributed by atoms with E-state index in [1.165, 1.54) is 22.4 Å². The lowest BCUT2D eigenvalue weighted by Crippen LogP contribution is -2.46. The van der Waals surface area contributed by atoms with Gasteiger partial charge in [0.15, 0.2) is 0 Å². The van der Waals surface area contributed by atoms with E-state index in [4.69, 9.17) is 22.7 Å². The minimum absolute atomic E-state index is 0.112. The molecule has 1 fully saturated rings. The Bertz CT molecular complexity index is 975. The van der Waals surface area contributed by atoms with Crippen LogP contribution in [0.4, 0.5) is 5.69 Å². The van der Waals surface area contributed by atoms with Crippen LogP contribution in [0, 0.1) is 5.41 Å². The van der Waals surface area contributed by atoms with Crippen LogP contribution in [0.25, 0.3) is 11.1 Å². The van der Waals surface area contributed by atoms with Gasteiger partial charge in [-0.2, -0.15) is 0 Å². The summed E-state index contributed by atoms with van der Waals surface area (Å²) in [6, 6.07) is 24.6. The van der Waals surface area contributed by atoms with Crippen LogP contribution in [0.2, 0.25) is 5.02 Å². The molecule has 0 aromatic heterocycles. The maximum absolute atomic E-state index is 7.52. The molecule has 0 amide bonds. The van der Waals surface area contributed by atoms with Crippen LogP contribution >= 0.6 is 11.6 Å². The summed E-state index contributed by atoms with van der Waals surface area (Å²) in [4.78, 5) is 4.90. The number of halogens is 1. The third-order valence-electron chi connectivity index (χ3n) is 5.48. The van der Waals surface area contributed by atoms with E-state index >= 15 is 0 Å². The number of nitrogens with zero attached hydrogens (tertiary/aromatic N) is 2. The van der Waals surface area contributed by atoms with Crippen LogP contribution in [-0.2, 0) is 6.54 Å². The fraction of sp³-hybridized carbons (Fsp3) is 0.208. The molecule has 1 saturated heterocycles. The van der Waals surface area contributed by atoms with E-state index in [0.29, 0.717) is 0 Å². The van der Waals surface area contributed by atoms with E-state index in [2.05, 4.69) is 58.3 Å². The fourth-order valence-corrected chi connectivity index (χ4v) is 3.95. The van der Waals surface area contributed by atoms with E-state index in [1.54, 1.807) is 0 Å². The molecular weight excluding hydrogens is 380 g/mol. The Kier molecular flexibility index (Phi) is 5.84. The monoisotopic (exact) mass is 404 g/mol. The van der Waals surface area contributed by atoms with Gasteiger partial charge in [-0.15, -0.1) is 0 Å². The van der Waals surface area contributed by atoms with Crippen molar-refractivity contribution >= 4 is 23.1 Å². The standard InChI is InChI=1S/C24H25ClN4/c25-21-9-5-18(6-10-21)23-4-2-1-3-20(23)17-28-13-15-29(16-14-28)22-11-7-19(8-12-22)24(26)27/h1-12H,13-17H2,(H3,26,27). The number of rotatable bonds is 5. The van der Waals surface area contributed by atoms with Gasteiger partial charge < -0.3 is 10.6 Å². The predicted octanol–water partition coefficient (Wildman–Crippen LogP) is 4.61. The van der Waals surface area contributed by atoms with E-state index in [9.17, 15) is 0 Å². The smallest absolute Gasteiger partial charge is 0.122 e. The second-order valence-electron chi connectivity index (χ2n) is 7.39. The molecule has 3 aromatic carbocycles. The molecular formula is C24H25ClN4. The van der Waals surface area contributed by atoms with Gasteiger partial charge in [0.25, 0.3) is 0 Å². The normalized spacial score (nSPS) is 14.7. The van der Waals surface area contributed by atoms with Crippen LogP contribution in [-0.4, -0.2) is 36.9 Å². The highest BCUT2D eigenvalue weighted by Crippen LogP contribution is 2.27. The average Bonchev–Trinajstić information content (AvgIpc) is 2.75. The Morgan fingerprint density at radius 3 is 2.17 bits per heavy atom. The van der Waals surface area contributed by atoms with Gasteiger partial charge in [-0.1, -0.05) is 48.0 Å². The second-order valence-corrected chi connectivity index (χ2v) is 7.82. The maximum Gasteiger partial charge on any atom is 0.122 e. The van der Waals surface area contributed by atoms with Gasteiger partial charge in [0.05, 0.1) is 0 Å². The summed E-state index contributed by atoms with van der Waals surface area (Å²) < 4.78 is 0. The minimum atomic E-state index is 0.112. The first-order valence-electron chi connectivity index (χ1n) is 9.86. The number of nitrogens with one attached hydrogen (secondary N) is 1. The van der Waals surface area contributed by atoms with E-state index < -0.39 is 0 Å². The van der Waals surface area contributed by atoms with Crippen molar-refractivity contribution in [2.75, 3.05) is 31.1 Å². The summed E-state index contributed by atoms with van der Waals surface area (Å²) in [7, 11) is 0. The van der Waals surface area contributed by atoms with Gasteiger partial charge in [0.1, 0.15) is 5.84 Å². The number of anilines is 1. The van der Waals surface area contributed by atoms with Crippen LogP contribution in [0.5, 0.6) is 0 Å². The average molecular weight is 405 g/mol. The van der Waals surface area contributed by atoms with Crippen molar-refractivity contribution in [1.82, 2.24) is 4.90 Å². The summed E-state index contributed by atoms with van der Waals surface area (Å²) in [6.45, 7) is 4.95. The third-order valence-corrected chi connectivity index (χ3v) is 5.73. The molecule has 1 aliphatic heterocycles. The Labute approximate surface area is 177 Å². The highest BCUT2D eigenvalue weighted by atomic mass is 35.5. The van der Waals surface area contributed by atoms with E-state index in [0.717, 1.165) is 43.3 Å². The fourth-order valence-electron chi connectivity index (χ4n) is 3.83. The topological polar surface area (TPSA) is 56.4 Å². The van der Waals surface area contributed by atoms with Crippen molar-refractivity contribution in [3.8, 4) is 11.1 Å². The molecule has 0 radical (unpaired) electrons. The van der Waals surface area contributed by atoms with Crippen LogP contribution < -0.4 is 10.6 Å². The van der Waals surface area contributed by atoms with Gasteiger partial charge in [-0.3, -0.25) is 10.3 Å². The molecule has 0 bridgehead atoms. The lowest BCUT2D eigenvalue weighted by molar-refractivity contribution is 0.250. The van der Waals surface area contributed by atoms with Crippen molar-refractivity contribution in [3.63, 3.8) is 0 Å². The van der Waals surface area contributed by atoms with Crippen LogP contribution in [0.1, 0.15) is 11.1 Å². The number of benzene rings is 3. The molecule has 3 aromatic rings. The molecule has 0 unspecified atom stereocenters. The van der Waals surface area contributed by atoms with Crippen LogP contribution in [0.3, 0.4) is 0 Å². The Hall–Kier alpha value is -2.82. The quantitative estimate of drug-likeness (QED) is 0.482. The van der Waals surface area contributed by atoms with Gasteiger partial charge in [0.2, 0.25) is 0 Å². The number of piperazine rings is 1. The third kappa shape index (κ3) is 4.61. The summed E-state index contributed by atoms with van der Waals surface area (Å²) in [5, 5.41) is 8.29. The second kappa shape index (κ2) is 8.68. The minimum Gasteiger partial charge on any atom is -0.384 e. The summed E-state index contributed by atoms with van der Waals surface area (Å²) >= 11 is 6.05. The molecule has 29 heavy (non-hydrogen) atoms.